The molecule has 0 saturated heterocycles. The van der Waals surface area contributed by atoms with Crippen LogP contribution in [0.4, 0.5) is 5.82 Å². The highest BCUT2D eigenvalue weighted by Crippen LogP contribution is 2.26. The summed E-state index contributed by atoms with van der Waals surface area (Å²) in [6.07, 6.45) is 2.08. The molecule has 1 aromatic carbocycles. The Morgan fingerprint density at radius 1 is 1.24 bits per heavy atom. The van der Waals surface area contributed by atoms with Gasteiger partial charge in [-0.2, -0.15) is 10.1 Å². The van der Waals surface area contributed by atoms with Gasteiger partial charge in [0.05, 0.1) is 6.42 Å². The van der Waals surface area contributed by atoms with E-state index < -0.39 is 0 Å². The van der Waals surface area contributed by atoms with Crippen LogP contribution in [0.3, 0.4) is 0 Å². The Bertz CT molecular complexity index is 628. The van der Waals surface area contributed by atoms with Gasteiger partial charge in [-0.25, -0.2) is 4.98 Å². The van der Waals surface area contributed by atoms with Gasteiger partial charge in [0.15, 0.2) is 5.82 Å². The van der Waals surface area contributed by atoms with Crippen LogP contribution in [-0.4, -0.2) is 16.6 Å². The maximum Gasteiger partial charge on any atom is 0.254 e. The lowest BCUT2D eigenvalue weighted by Gasteiger charge is -2.12. The molecule has 4 heteroatoms. The van der Waals surface area contributed by atoms with Gasteiger partial charge in [0.25, 0.3) is 5.91 Å². The van der Waals surface area contributed by atoms with Crippen LogP contribution in [0.2, 0.25) is 0 Å². The minimum absolute atomic E-state index is 0.0219. The highest BCUT2D eigenvalue weighted by atomic mass is 16.2. The maximum atomic E-state index is 11.8. The number of hydrogen-bond acceptors (Lipinski definition) is 3. The summed E-state index contributed by atoms with van der Waals surface area (Å²) in [6, 6.07) is 9.78. The van der Waals surface area contributed by atoms with Gasteiger partial charge in [0.2, 0.25) is 0 Å². The summed E-state index contributed by atoms with van der Waals surface area (Å²) in [4.78, 5) is 16.1. The smallest absolute Gasteiger partial charge is 0.254 e. The molecule has 1 aromatic heterocycles. The lowest BCUT2D eigenvalue weighted by molar-refractivity contribution is -0.116. The number of anilines is 1. The molecule has 1 amide bonds. The number of fused-ring (bicyclic) bond motifs is 1. The van der Waals surface area contributed by atoms with Crippen molar-refractivity contribution >= 4 is 28.2 Å². The number of rotatable bonds is 1. The van der Waals surface area contributed by atoms with Crippen molar-refractivity contribution in [3.63, 3.8) is 0 Å². The molecular formula is C13H11N3O. The quantitative estimate of drug-likeness (QED) is 0.747. The lowest BCUT2D eigenvalue weighted by Crippen LogP contribution is -2.20. The Morgan fingerprint density at radius 2 is 2.06 bits per heavy atom. The molecule has 2 aromatic rings. The van der Waals surface area contributed by atoms with Crippen LogP contribution in [0.5, 0.6) is 0 Å². The van der Waals surface area contributed by atoms with E-state index in [1.165, 1.54) is 5.01 Å². The molecule has 3 rings (SSSR count). The van der Waals surface area contributed by atoms with Crippen molar-refractivity contribution < 1.29 is 4.79 Å². The first-order valence-corrected chi connectivity index (χ1v) is 5.46. The van der Waals surface area contributed by atoms with Crippen molar-refractivity contribution in [2.75, 3.05) is 5.01 Å². The molecule has 0 radical (unpaired) electrons. The maximum absolute atomic E-state index is 11.8. The number of pyridine rings is 1. The summed E-state index contributed by atoms with van der Waals surface area (Å²) in [7, 11) is 0. The van der Waals surface area contributed by atoms with Crippen molar-refractivity contribution in [2.45, 2.75) is 13.3 Å². The third kappa shape index (κ3) is 1.58. The molecule has 0 unspecified atom stereocenters. The molecule has 1 aliphatic heterocycles. The van der Waals surface area contributed by atoms with E-state index in [2.05, 4.69) is 10.1 Å². The van der Waals surface area contributed by atoms with Crippen molar-refractivity contribution in [1.29, 1.82) is 0 Å². The molecule has 0 aliphatic carbocycles. The SMILES string of the molecule is CC1=NN(c2nccc3ccccc23)C(=O)C1. The summed E-state index contributed by atoms with van der Waals surface area (Å²) in [5.41, 5.74) is 0.824. The lowest BCUT2D eigenvalue weighted by atomic mass is 10.1. The third-order valence-corrected chi connectivity index (χ3v) is 2.77. The average Bonchev–Trinajstić information content (AvgIpc) is 2.68. The molecule has 0 N–H and O–H groups in total. The molecule has 0 saturated carbocycles. The molecule has 84 valence electrons. The fraction of sp³-hybridized carbons (Fsp3) is 0.154. The van der Waals surface area contributed by atoms with Gasteiger partial charge < -0.3 is 0 Å². The second kappa shape index (κ2) is 3.66. The summed E-state index contributed by atoms with van der Waals surface area (Å²) in [5.74, 6) is 0.594. The van der Waals surface area contributed by atoms with E-state index >= 15 is 0 Å². The van der Waals surface area contributed by atoms with Gasteiger partial charge in [0, 0.05) is 17.3 Å². The topological polar surface area (TPSA) is 45.6 Å². The molecule has 17 heavy (non-hydrogen) atoms. The van der Waals surface area contributed by atoms with Crippen LogP contribution in [0.15, 0.2) is 41.6 Å². The van der Waals surface area contributed by atoms with Gasteiger partial charge in [-0.1, -0.05) is 24.3 Å². The number of nitrogens with zero attached hydrogens (tertiary/aromatic N) is 3. The first kappa shape index (κ1) is 9.96. The molecule has 4 nitrogen and oxygen atoms in total. The number of aromatic nitrogens is 1. The predicted octanol–water partition coefficient (Wildman–Crippen LogP) is 2.35. The van der Waals surface area contributed by atoms with E-state index in [1.807, 2.05) is 37.3 Å². The molecule has 2 heterocycles. The Balaban J connectivity index is 2.21. The van der Waals surface area contributed by atoms with E-state index in [0.29, 0.717) is 12.2 Å². The van der Waals surface area contributed by atoms with E-state index in [9.17, 15) is 4.79 Å². The Labute approximate surface area is 98.6 Å². The standard InChI is InChI=1S/C13H11N3O/c1-9-8-12(17)16(15-9)13-11-5-3-2-4-10(11)6-7-14-13/h2-7H,8H2,1H3. The average molecular weight is 225 g/mol. The molecule has 0 atom stereocenters. The highest BCUT2D eigenvalue weighted by Gasteiger charge is 2.24. The number of benzene rings is 1. The molecular weight excluding hydrogens is 214 g/mol. The molecule has 0 bridgehead atoms. The number of amides is 1. The normalized spacial score (nSPS) is 15.5. The van der Waals surface area contributed by atoms with Crippen LogP contribution in [0.25, 0.3) is 10.8 Å². The fourth-order valence-electron chi connectivity index (χ4n) is 1.99. The largest absolute Gasteiger partial charge is 0.272 e. The number of hydrazone groups is 1. The minimum Gasteiger partial charge on any atom is -0.272 e. The predicted molar refractivity (Wildman–Crippen MR) is 67.0 cm³/mol. The third-order valence-electron chi connectivity index (χ3n) is 2.77. The molecule has 0 fully saturated rings. The molecule has 0 spiro atoms. The van der Waals surface area contributed by atoms with Gasteiger partial charge in [-0.15, -0.1) is 0 Å². The first-order valence-electron chi connectivity index (χ1n) is 5.46. The van der Waals surface area contributed by atoms with E-state index in [-0.39, 0.29) is 5.91 Å². The van der Waals surface area contributed by atoms with Crippen LogP contribution >= 0.6 is 0 Å². The Hall–Kier alpha value is -2.23. The second-order valence-corrected chi connectivity index (χ2v) is 4.07. The van der Waals surface area contributed by atoms with Crippen LogP contribution < -0.4 is 5.01 Å². The van der Waals surface area contributed by atoms with E-state index in [1.54, 1.807) is 6.20 Å². The van der Waals surface area contributed by atoms with Gasteiger partial charge in [0.1, 0.15) is 0 Å². The fourth-order valence-corrected chi connectivity index (χ4v) is 1.99. The van der Waals surface area contributed by atoms with E-state index in [0.717, 1.165) is 16.5 Å². The monoisotopic (exact) mass is 225 g/mol. The Kier molecular flexibility index (Phi) is 2.14. The number of carbonyl (C=O) groups is 1. The summed E-state index contributed by atoms with van der Waals surface area (Å²) in [5, 5.41) is 7.63. The summed E-state index contributed by atoms with van der Waals surface area (Å²) >= 11 is 0. The van der Waals surface area contributed by atoms with E-state index in [4.69, 9.17) is 0 Å². The zero-order valence-corrected chi connectivity index (χ0v) is 9.42. The highest BCUT2D eigenvalue weighted by molar-refractivity contribution is 6.14. The number of hydrogen-bond donors (Lipinski definition) is 0. The summed E-state index contributed by atoms with van der Waals surface area (Å²) in [6.45, 7) is 1.85. The van der Waals surface area contributed by atoms with Gasteiger partial charge in [-0.05, 0) is 18.4 Å². The number of carbonyl (C=O) groups excluding carboxylic acids is 1. The zero-order valence-electron chi connectivity index (χ0n) is 9.42. The summed E-state index contributed by atoms with van der Waals surface area (Å²) < 4.78 is 0. The van der Waals surface area contributed by atoms with Crippen LogP contribution in [0, 0.1) is 0 Å². The first-order chi connectivity index (χ1) is 8.25. The van der Waals surface area contributed by atoms with Gasteiger partial charge >= 0.3 is 0 Å². The van der Waals surface area contributed by atoms with Crippen molar-refractivity contribution in [3.05, 3.63) is 36.5 Å². The Morgan fingerprint density at radius 3 is 2.82 bits per heavy atom. The van der Waals surface area contributed by atoms with Crippen molar-refractivity contribution in [2.24, 2.45) is 5.10 Å². The van der Waals surface area contributed by atoms with Crippen LogP contribution in [0.1, 0.15) is 13.3 Å². The molecule has 1 aliphatic rings. The van der Waals surface area contributed by atoms with Crippen molar-refractivity contribution in [3.8, 4) is 0 Å². The van der Waals surface area contributed by atoms with Gasteiger partial charge in [-0.3, -0.25) is 4.79 Å². The van der Waals surface area contributed by atoms with Crippen molar-refractivity contribution in [1.82, 2.24) is 4.98 Å². The minimum atomic E-state index is -0.0219. The second-order valence-electron chi connectivity index (χ2n) is 4.07. The zero-order chi connectivity index (χ0) is 11.8. The van der Waals surface area contributed by atoms with Crippen LogP contribution in [-0.2, 0) is 4.79 Å².